The number of methoxy groups -OCH3 is 1. The van der Waals surface area contributed by atoms with Gasteiger partial charge in [-0.3, -0.25) is 4.79 Å². The fraction of sp³-hybridized carbons (Fsp3) is 0.562. The average molecular weight is 294 g/mol. The molecule has 0 spiro atoms. The lowest BCUT2D eigenvalue weighted by molar-refractivity contribution is -0.121. The van der Waals surface area contributed by atoms with E-state index in [1.165, 1.54) is 0 Å². The van der Waals surface area contributed by atoms with Crippen LogP contribution in [0.15, 0.2) is 18.2 Å². The molecule has 21 heavy (non-hydrogen) atoms. The van der Waals surface area contributed by atoms with Crippen LogP contribution in [0.4, 0.5) is 5.69 Å². The number of rotatable bonds is 9. The van der Waals surface area contributed by atoms with E-state index in [9.17, 15) is 4.79 Å². The number of ether oxygens (including phenoxy) is 2. The summed E-state index contributed by atoms with van der Waals surface area (Å²) in [6.45, 7) is 5.89. The second-order valence-corrected chi connectivity index (χ2v) is 5.42. The number of hydrogen-bond acceptors (Lipinski definition) is 4. The molecule has 5 heteroatoms. The number of amides is 1. The van der Waals surface area contributed by atoms with E-state index in [4.69, 9.17) is 15.2 Å². The summed E-state index contributed by atoms with van der Waals surface area (Å²) < 4.78 is 10.5. The van der Waals surface area contributed by atoms with Crippen LogP contribution in [0.1, 0.15) is 25.8 Å². The molecule has 0 saturated heterocycles. The van der Waals surface area contributed by atoms with Gasteiger partial charge >= 0.3 is 0 Å². The van der Waals surface area contributed by atoms with Crippen molar-refractivity contribution in [1.29, 1.82) is 0 Å². The normalized spacial score (nSPS) is 10.7. The molecule has 0 fully saturated rings. The molecule has 0 aliphatic rings. The minimum Gasteiger partial charge on any atom is -0.491 e. The van der Waals surface area contributed by atoms with Crippen molar-refractivity contribution in [3.63, 3.8) is 0 Å². The molecule has 3 N–H and O–H groups in total. The van der Waals surface area contributed by atoms with Crippen LogP contribution in [0, 0.1) is 5.92 Å². The molecule has 118 valence electrons. The fourth-order valence-corrected chi connectivity index (χ4v) is 1.78. The van der Waals surface area contributed by atoms with Crippen molar-refractivity contribution in [3.05, 3.63) is 23.8 Å². The molecule has 1 amide bonds. The van der Waals surface area contributed by atoms with E-state index >= 15 is 0 Å². The van der Waals surface area contributed by atoms with Crippen LogP contribution in [0.3, 0.4) is 0 Å². The van der Waals surface area contributed by atoms with Gasteiger partial charge in [0, 0.05) is 20.1 Å². The molecule has 0 unspecified atom stereocenters. The number of nitrogens with one attached hydrogen (secondary N) is 1. The van der Waals surface area contributed by atoms with E-state index in [0.29, 0.717) is 50.0 Å². The Labute approximate surface area is 126 Å². The average Bonchev–Trinajstić information content (AvgIpc) is 2.44. The predicted octanol–water partition coefficient (Wildman–Crippen LogP) is 2.00. The maximum Gasteiger partial charge on any atom is 0.220 e. The maximum atomic E-state index is 11.6. The van der Waals surface area contributed by atoms with Crippen molar-refractivity contribution >= 4 is 11.6 Å². The summed E-state index contributed by atoms with van der Waals surface area (Å²) >= 11 is 0. The standard InChI is InChI=1S/C16H26N2O3/c1-12(2)11-21-15-6-4-13(10-14(15)17)5-7-16(19)18-8-9-20-3/h4,6,10,12H,5,7-9,11,17H2,1-3H3,(H,18,19). The van der Waals surface area contributed by atoms with E-state index < -0.39 is 0 Å². The summed E-state index contributed by atoms with van der Waals surface area (Å²) in [4.78, 5) is 11.6. The molecular formula is C16H26N2O3. The lowest BCUT2D eigenvalue weighted by atomic mass is 10.1. The zero-order valence-electron chi connectivity index (χ0n) is 13.1. The number of nitrogens with two attached hydrogens (primary N) is 1. The highest BCUT2D eigenvalue weighted by Crippen LogP contribution is 2.23. The topological polar surface area (TPSA) is 73.6 Å². The van der Waals surface area contributed by atoms with Gasteiger partial charge in [-0.2, -0.15) is 0 Å². The first-order chi connectivity index (χ1) is 10.0. The van der Waals surface area contributed by atoms with Crippen molar-refractivity contribution in [2.75, 3.05) is 32.6 Å². The zero-order valence-corrected chi connectivity index (χ0v) is 13.1. The number of aryl methyl sites for hydroxylation is 1. The molecule has 1 aromatic rings. The fourth-order valence-electron chi connectivity index (χ4n) is 1.78. The maximum absolute atomic E-state index is 11.6. The van der Waals surface area contributed by atoms with Crippen LogP contribution in [0.5, 0.6) is 5.75 Å². The van der Waals surface area contributed by atoms with Crippen molar-refractivity contribution in [2.45, 2.75) is 26.7 Å². The third-order valence-corrected chi connectivity index (χ3v) is 2.92. The molecule has 0 atom stereocenters. The van der Waals surface area contributed by atoms with Gasteiger partial charge in [-0.05, 0) is 30.0 Å². The largest absolute Gasteiger partial charge is 0.491 e. The highest BCUT2D eigenvalue weighted by atomic mass is 16.5. The van der Waals surface area contributed by atoms with Gasteiger partial charge in [0.15, 0.2) is 0 Å². The van der Waals surface area contributed by atoms with Gasteiger partial charge in [0.1, 0.15) is 5.75 Å². The van der Waals surface area contributed by atoms with Crippen LogP contribution < -0.4 is 15.8 Å². The Balaban J connectivity index is 2.42. The van der Waals surface area contributed by atoms with Gasteiger partial charge in [0.2, 0.25) is 5.91 Å². The van der Waals surface area contributed by atoms with Crippen LogP contribution in [0.25, 0.3) is 0 Å². The molecule has 0 aliphatic carbocycles. The molecule has 0 heterocycles. The Morgan fingerprint density at radius 3 is 2.76 bits per heavy atom. The number of benzene rings is 1. The van der Waals surface area contributed by atoms with Crippen LogP contribution >= 0.6 is 0 Å². The molecule has 5 nitrogen and oxygen atoms in total. The molecule has 0 saturated carbocycles. The van der Waals surface area contributed by atoms with Gasteiger partial charge in [-0.15, -0.1) is 0 Å². The van der Waals surface area contributed by atoms with Gasteiger partial charge in [0.25, 0.3) is 0 Å². The number of nitrogen functional groups attached to an aromatic ring is 1. The van der Waals surface area contributed by atoms with Crippen molar-refractivity contribution in [1.82, 2.24) is 5.32 Å². The minimum atomic E-state index is 0.0192. The smallest absolute Gasteiger partial charge is 0.220 e. The van der Waals surface area contributed by atoms with E-state index in [2.05, 4.69) is 19.2 Å². The van der Waals surface area contributed by atoms with Gasteiger partial charge in [0.05, 0.1) is 18.9 Å². The van der Waals surface area contributed by atoms with Crippen molar-refractivity contribution < 1.29 is 14.3 Å². The first-order valence-electron chi connectivity index (χ1n) is 7.29. The third-order valence-electron chi connectivity index (χ3n) is 2.92. The molecule has 0 bridgehead atoms. The van der Waals surface area contributed by atoms with E-state index in [0.717, 1.165) is 5.56 Å². The Kier molecular flexibility index (Phi) is 7.61. The van der Waals surface area contributed by atoms with E-state index in [1.54, 1.807) is 7.11 Å². The summed E-state index contributed by atoms with van der Waals surface area (Å²) in [5.74, 6) is 1.18. The summed E-state index contributed by atoms with van der Waals surface area (Å²) in [7, 11) is 1.61. The number of anilines is 1. The van der Waals surface area contributed by atoms with Gasteiger partial charge in [-0.25, -0.2) is 0 Å². The molecule has 1 rings (SSSR count). The predicted molar refractivity (Wildman–Crippen MR) is 84.4 cm³/mol. The Morgan fingerprint density at radius 2 is 2.14 bits per heavy atom. The van der Waals surface area contributed by atoms with E-state index in [1.807, 2.05) is 18.2 Å². The lowest BCUT2D eigenvalue weighted by Gasteiger charge is -2.12. The number of carbonyl (C=O) groups is 1. The van der Waals surface area contributed by atoms with Crippen LogP contribution in [-0.4, -0.2) is 32.8 Å². The quantitative estimate of drug-likeness (QED) is 0.539. The second-order valence-electron chi connectivity index (χ2n) is 5.42. The van der Waals surface area contributed by atoms with Crippen LogP contribution in [-0.2, 0) is 16.0 Å². The molecule has 0 aliphatic heterocycles. The number of hydrogen-bond donors (Lipinski definition) is 2. The Hall–Kier alpha value is -1.75. The highest BCUT2D eigenvalue weighted by molar-refractivity contribution is 5.76. The van der Waals surface area contributed by atoms with Crippen molar-refractivity contribution in [3.8, 4) is 5.75 Å². The lowest BCUT2D eigenvalue weighted by Crippen LogP contribution is -2.27. The number of carbonyl (C=O) groups excluding carboxylic acids is 1. The van der Waals surface area contributed by atoms with Gasteiger partial charge in [-0.1, -0.05) is 19.9 Å². The third kappa shape index (κ3) is 6.99. The van der Waals surface area contributed by atoms with Crippen molar-refractivity contribution in [2.24, 2.45) is 5.92 Å². The second kappa shape index (κ2) is 9.23. The summed E-state index contributed by atoms with van der Waals surface area (Å²) in [5, 5.41) is 2.79. The SMILES string of the molecule is COCCNC(=O)CCc1ccc(OCC(C)C)c(N)c1. The summed E-state index contributed by atoms with van der Waals surface area (Å²) in [6, 6.07) is 5.70. The van der Waals surface area contributed by atoms with Gasteiger partial charge < -0.3 is 20.5 Å². The first kappa shape index (κ1) is 17.3. The monoisotopic (exact) mass is 294 g/mol. The Bertz CT molecular complexity index is 447. The van der Waals surface area contributed by atoms with E-state index in [-0.39, 0.29) is 5.91 Å². The zero-order chi connectivity index (χ0) is 15.7. The first-order valence-corrected chi connectivity index (χ1v) is 7.29. The summed E-state index contributed by atoms with van der Waals surface area (Å²) in [6.07, 6.45) is 1.10. The van der Waals surface area contributed by atoms with Crippen LogP contribution in [0.2, 0.25) is 0 Å². The summed E-state index contributed by atoms with van der Waals surface area (Å²) in [5.41, 5.74) is 7.62. The molecule has 1 aromatic carbocycles. The molecular weight excluding hydrogens is 268 g/mol. The minimum absolute atomic E-state index is 0.0192. The Morgan fingerprint density at radius 1 is 1.38 bits per heavy atom. The molecule has 0 radical (unpaired) electrons. The molecule has 0 aromatic heterocycles. The highest BCUT2D eigenvalue weighted by Gasteiger charge is 2.06.